The number of allylic oxidation sites excluding steroid dienone is 1. The lowest BCUT2D eigenvalue weighted by molar-refractivity contribution is 0.113. The summed E-state index contributed by atoms with van der Waals surface area (Å²) in [5.41, 5.74) is 0.151. The van der Waals surface area contributed by atoms with Crippen LogP contribution >= 0.6 is 45.2 Å². The molecule has 4 heteroatoms. The number of hydrogen-bond acceptors (Lipinski definition) is 1. The van der Waals surface area contributed by atoms with Crippen LogP contribution in [0, 0.1) is 5.41 Å². The molecule has 0 aromatic carbocycles. The molecule has 0 aliphatic carbocycles. The molecule has 0 aliphatic heterocycles. The van der Waals surface area contributed by atoms with E-state index >= 15 is 0 Å². The van der Waals surface area contributed by atoms with Gasteiger partial charge in [-0.2, -0.15) is 0 Å². The van der Waals surface area contributed by atoms with E-state index in [1.54, 1.807) is 0 Å². The smallest absolute Gasteiger partial charge is 0.192 e. The molecule has 1 nitrogen and oxygen atoms in total. The lowest BCUT2D eigenvalue weighted by atomic mass is 9.89. The third-order valence-electron chi connectivity index (χ3n) is 3.54. The van der Waals surface area contributed by atoms with Crippen LogP contribution in [-0.4, -0.2) is 18.8 Å². The van der Waals surface area contributed by atoms with Crippen molar-refractivity contribution in [3.63, 3.8) is 0 Å². The second-order valence-corrected chi connectivity index (χ2v) is 14.3. The molecule has 0 fully saturated rings. The summed E-state index contributed by atoms with van der Waals surface area (Å²) in [6.45, 7) is 18.3. The first kappa shape index (κ1) is 19.4. The standard InChI is InChI=1S/C14H28I2OSi/c1-13(2,3)12(9-11(16)10-15)17-18(7,8)14(4,5)6/h9,12H,10H2,1-8H3/b11-9-. The van der Waals surface area contributed by atoms with Crippen molar-refractivity contribution < 1.29 is 4.43 Å². The van der Waals surface area contributed by atoms with Crippen LogP contribution in [0.25, 0.3) is 0 Å². The Labute approximate surface area is 142 Å². The molecule has 0 saturated carbocycles. The predicted octanol–water partition coefficient (Wildman–Crippen LogP) is 6.18. The van der Waals surface area contributed by atoms with E-state index < -0.39 is 8.32 Å². The molecule has 1 atom stereocenters. The maximum atomic E-state index is 6.59. The molecule has 0 radical (unpaired) electrons. The van der Waals surface area contributed by atoms with Crippen molar-refractivity contribution >= 4 is 53.5 Å². The zero-order chi connectivity index (χ0) is 14.8. The van der Waals surface area contributed by atoms with Crippen LogP contribution in [0.3, 0.4) is 0 Å². The molecule has 108 valence electrons. The Hall–Kier alpha value is 1.38. The molecular formula is C14H28I2OSi. The largest absolute Gasteiger partial charge is 0.410 e. The highest BCUT2D eigenvalue weighted by molar-refractivity contribution is 14.1. The fraction of sp³-hybridized carbons (Fsp3) is 0.857. The van der Waals surface area contributed by atoms with Crippen LogP contribution in [0.1, 0.15) is 41.5 Å². The normalized spacial score (nSPS) is 16.9. The summed E-state index contributed by atoms with van der Waals surface area (Å²) in [4.78, 5) is 0. The Morgan fingerprint density at radius 2 is 1.61 bits per heavy atom. The molecule has 0 amide bonds. The van der Waals surface area contributed by atoms with E-state index in [4.69, 9.17) is 4.43 Å². The minimum Gasteiger partial charge on any atom is -0.410 e. The van der Waals surface area contributed by atoms with E-state index in [1.165, 1.54) is 3.58 Å². The Kier molecular flexibility index (Phi) is 7.42. The number of rotatable bonds is 4. The summed E-state index contributed by atoms with van der Waals surface area (Å²) in [6, 6.07) is 0. The van der Waals surface area contributed by atoms with Gasteiger partial charge in [-0.1, -0.05) is 64.1 Å². The maximum absolute atomic E-state index is 6.59. The van der Waals surface area contributed by atoms with Crippen LogP contribution < -0.4 is 0 Å². The quantitative estimate of drug-likeness (QED) is 0.258. The van der Waals surface area contributed by atoms with E-state index in [1.807, 2.05) is 0 Å². The zero-order valence-corrected chi connectivity index (χ0v) is 18.3. The van der Waals surface area contributed by atoms with Crippen LogP contribution in [0.2, 0.25) is 18.1 Å². The third-order valence-corrected chi connectivity index (χ3v) is 11.0. The van der Waals surface area contributed by atoms with E-state index in [0.29, 0.717) is 0 Å². The van der Waals surface area contributed by atoms with Crippen molar-refractivity contribution in [2.24, 2.45) is 5.41 Å². The van der Waals surface area contributed by atoms with E-state index in [0.717, 1.165) is 4.43 Å². The second-order valence-electron chi connectivity index (χ2n) is 7.41. The van der Waals surface area contributed by atoms with Gasteiger partial charge < -0.3 is 4.43 Å². The molecular weight excluding hydrogens is 466 g/mol. The SMILES string of the molecule is CC(C)(C)C(/C=C(\I)CI)O[Si](C)(C)C(C)(C)C. The Morgan fingerprint density at radius 3 is 1.89 bits per heavy atom. The molecule has 0 heterocycles. The van der Waals surface area contributed by atoms with Gasteiger partial charge in [-0.25, -0.2) is 0 Å². The Bertz CT molecular complexity index is 298. The van der Waals surface area contributed by atoms with Gasteiger partial charge in [0, 0.05) is 4.43 Å². The van der Waals surface area contributed by atoms with Gasteiger partial charge in [-0.15, -0.1) is 0 Å². The molecule has 0 aliphatic rings. The van der Waals surface area contributed by atoms with Crippen molar-refractivity contribution in [1.82, 2.24) is 0 Å². The summed E-state index contributed by atoms with van der Waals surface area (Å²) in [5.74, 6) is 0. The van der Waals surface area contributed by atoms with Gasteiger partial charge in [0.2, 0.25) is 0 Å². The average molecular weight is 494 g/mol. The van der Waals surface area contributed by atoms with Gasteiger partial charge in [0.25, 0.3) is 0 Å². The number of alkyl halides is 1. The second kappa shape index (κ2) is 6.89. The van der Waals surface area contributed by atoms with Crippen molar-refractivity contribution in [3.05, 3.63) is 9.66 Å². The average Bonchev–Trinajstić information content (AvgIpc) is 2.12. The maximum Gasteiger partial charge on any atom is 0.192 e. The Balaban J connectivity index is 5.17. The summed E-state index contributed by atoms with van der Waals surface area (Å²) >= 11 is 4.83. The third kappa shape index (κ3) is 6.22. The minimum atomic E-state index is -1.71. The fourth-order valence-corrected chi connectivity index (χ4v) is 3.15. The van der Waals surface area contributed by atoms with Crippen LogP contribution in [0.5, 0.6) is 0 Å². The monoisotopic (exact) mass is 494 g/mol. The Morgan fingerprint density at radius 1 is 1.17 bits per heavy atom. The van der Waals surface area contributed by atoms with Gasteiger partial charge >= 0.3 is 0 Å². The van der Waals surface area contributed by atoms with Gasteiger partial charge in [0.05, 0.1) is 6.10 Å². The lowest BCUT2D eigenvalue weighted by Gasteiger charge is -2.42. The van der Waals surface area contributed by atoms with Crippen LogP contribution in [0.4, 0.5) is 0 Å². The van der Waals surface area contributed by atoms with Crippen molar-refractivity contribution in [1.29, 1.82) is 0 Å². The highest BCUT2D eigenvalue weighted by atomic mass is 127. The summed E-state index contributed by atoms with van der Waals surface area (Å²) in [7, 11) is -1.71. The highest BCUT2D eigenvalue weighted by Crippen LogP contribution is 2.40. The summed E-state index contributed by atoms with van der Waals surface area (Å²) in [6.07, 6.45) is 2.52. The van der Waals surface area contributed by atoms with Gasteiger partial charge in [-0.05, 0) is 55.8 Å². The highest BCUT2D eigenvalue weighted by Gasteiger charge is 2.41. The summed E-state index contributed by atoms with van der Waals surface area (Å²) < 4.78 is 9.04. The van der Waals surface area contributed by atoms with E-state index in [2.05, 4.69) is 106 Å². The first-order valence-electron chi connectivity index (χ1n) is 6.41. The molecule has 0 aromatic rings. The van der Waals surface area contributed by atoms with Crippen molar-refractivity contribution in [3.8, 4) is 0 Å². The molecule has 1 unspecified atom stereocenters. The molecule has 0 spiro atoms. The fourth-order valence-electron chi connectivity index (χ4n) is 1.16. The van der Waals surface area contributed by atoms with Gasteiger partial charge in [0.1, 0.15) is 0 Å². The van der Waals surface area contributed by atoms with Crippen molar-refractivity contribution in [2.45, 2.75) is 65.8 Å². The molecule has 0 N–H and O–H groups in total. The number of hydrogen-bond donors (Lipinski definition) is 0. The van der Waals surface area contributed by atoms with E-state index in [-0.39, 0.29) is 16.6 Å². The molecule has 0 bridgehead atoms. The summed E-state index contributed by atoms with van der Waals surface area (Å²) in [5, 5.41) is 0.264. The lowest BCUT2D eigenvalue weighted by Crippen LogP contribution is -2.46. The van der Waals surface area contributed by atoms with Crippen LogP contribution in [0.15, 0.2) is 9.66 Å². The molecule has 18 heavy (non-hydrogen) atoms. The van der Waals surface area contributed by atoms with Crippen LogP contribution in [-0.2, 0) is 4.43 Å². The first-order chi connectivity index (χ1) is 7.81. The number of halogens is 2. The topological polar surface area (TPSA) is 9.23 Å². The van der Waals surface area contributed by atoms with Crippen molar-refractivity contribution in [2.75, 3.05) is 4.43 Å². The van der Waals surface area contributed by atoms with Gasteiger partial charge in [0.15, 0.2) is 8.32 Å². The predicted molar refractivity (Wildman–Crippen MR) is 103 cm³/mol. The first-order valence-corrected chi connectivity index (χ1v) is 11.9. The zero-order valence-electron chi connectivity index (χ0n) is 13.0. The molecule has 0 saturated heterocycles. The molecule has 0 aromatic heterocycles. The molecule has 0 rings (SSSR count). The van der Waals surface area contributed by atoms with Gasteiger partial charge in [-0.3, -0.25) is 0 Å². The minimum absolute atomic E-state index is 0.151. The van der Waals surface area contributed by atoms with E-state index in [9.17, 15) is 0 Å².